The molecule has 3 heteroatoms. The molecule has 0 fully saturated rings. The molecule has 0 nitrogen and oxygen atoms in total. The highest BCUT2D eigenvalue weighted by Gasteiger charge is 1.89. The Labute approximate surface area is 65.3 Å². The van der Waals surface area contributed by atoms with Crippen LogP contribution in [0.4, 0.5) is 0 Å². The Bertz CT molecular complexity index is 30.9. The van der Waals surface area contributed by atoms with Crippen LogP contribution >= 0.6 is 23.2 Å². The monoisotopic (exact) mass is 156 g/mol. The summed E-state index contributed by atoms with van der Waals surface area (Å²) in [6, 6.07) is 0. The summed E-state index contributed by atoms with van der Waals surface area (Å²) in [5, 5.41) is 0.238. The quantitative estimate of drug-likeness (QED) is 0.415. The summed E-state index contributed by atoms with van der Waals surface area (Å²) in [5.41, 5.74) is 0. The van der Waals surface area contributed by atoms with Gasteiger partial charge in [-0.2, -0.15) is 0 Å². The van der Waals surface area contributed by atoms with Gasteiger partial charge in [0.05, 0.1) is 0 Å². The van der Waals surface area contributed by atoms with Gasteiger partial charge in [0, 0.05) is 11.3 Å². The van der Waals surface area contributed by atoms with Crippen LogP contribution < -0.4 is 0 Å². The zero-order valence-corrected chi connectivity index (χ0v) is 5.26. The number of halogens is 2. The van der Waals surface area contributed by atoms with E-state index in [1.165, 1.54) is 0 Å². The van der Waals surface area contributed by atoms with Gasteiger partial charge in [-0.15, -0.1) is 23.2 Å². The summed E-state index contributed by atoms with van der Waals surface area (Å²) in [7, 11) is 0. The highest BCUT2D eigenvalue weighted by Crippen LogP contribution is 1.99. The summed E-state index contributed by atoms with van der Waals surface area (Å²) < 4.78 is 0. The van der Waals surface area contributed by atoms with Crippen molar-refractivity contribution in [3.8, 4) is 0 Å². The van der Waals surface area contributed by atoms with E-state index >= 15 is 0 Å². The molecular weight excluding hydrogens is 146 g/mol. The van der Waals surface area contributed by atoms with E-state index in [1.54, 1.807) is 0 Å². The zero-order valence-electron chi connectivity index (χ0n) is 3.75. The fourth-order valence-corrected chi connectivity index (χ4v) is 0.698. The van der Waals surface area contributed by atoms with Gasteiger partial charge in [0.1, 0.15) is 0 Å². The van der Waals surface area contributed by atoms with Gasteiger partial charge < -0.3 is 0 Å². The van der Waals surface area contributed by atoms with Crippen LogP contribution in [0.1, 0.15) is 13.3 Å². The normalized spacial score (nSPS) is 12.4. The molecule has 0 radical (unpaired) electrons. The maximum atomic E-state index is 5.49. The Balaban J connectivity index is 0. The standard InChI is InChI=1S/C4H8Cl2.Al.3H/c1-4(6)2-3-5;;;;/h4H,2-3H2,1H3;;;;. The first-order valence-electron chi connectivity index (χ1n) is 1.97. The van der Waals surface area contributed by atoms with E-state index < -0.39 is 0 Å². The summed E-state index contributed by atoms with van der Waals surface area (Å²) in [6.07, 6.45) is 0.906. The first-order chi connectivity index (χ1) is 2.77. The predicted octanol–water partition coefficient (Wildman–Crippen LogP) is 1.06. The maximum Gasteiger partial charge on any atom is 0.187 e. The van der Waals surface area contributed by atoms with Gasteiger partial charge in [-0.1, -0.05) is 0 Å². The molecule has 0 rings (SSSR count). The van der Waals surface area contributed by atoms with Gasteiger partial charge in [0.2, 0.25) is 0 Å². The molecule has 0 saturated heterocycles. The largest absolute Gasteiger partial charge is 0.187 e. The molecule has 0 aliphatic carbocycles. The lowest BCUT2D eigenvalue weighted by molar-refractivity contribution is 0.902. The zero-order chi connectivity index (χ0) is 4.99. The molecule has 0 N–H and O–H groups in total. The molecule has 1 atom stereocenters. The Kier molecular flexibility index (Phi) is 11.2. The molecule has 0 amide bonds. The smallest absolute Gasteiger partial charge is 0.127 e. The van der Waals surface area contributed by atoms with Crippen LogP contribution in [0.15, 0.2) is 0 Å². The first kappa shape index (κ1) is 11.0. The van der Waals surface area contributed by atoms with E-state index in [-0.39, 0.29) is 22.7 Å². The molecule has 0 aromatic rings. The van der Waals surface area contributed by atoms with Crippen molar-refractivity contribution in [1.29, 1.82) is 0 Å². The van der Waals surface area contributed by atoms with E-state index in [0.29, 0.717) is 5.88 Å². The third kappa shape index (κ3) is 11.0. The molecule has 0 aliphatic heterocycles. The molecule has 0 aromatic carbocycles. The van der Waals surface area contributed by atoms with Crippen LogP contribution in [0, 0.1) is 0 Å². The molecule has 0 spiro atoms. The summed E-state index contributed by atoms with van der Waals surface area (Å²) >= 11 is 10.8. The van der Waals surface area contributed by atoms with Gasteiger partial charge in [0.15, 0.2) is 17.4 Å². The number of alkyl halides is 2. The Morgan fingerprint density at radius 2 is 2.00 bits per heavy atom. The molecule has 7 heavy (non-hydrogen) atoms. The van der Waals surface area contributed by atoms with Gasteiger partial charge in [0.25, 0.3) is 0 Å². The molecule has 1 unspecified atom stereocenters. The van der Waals surface area contributed by atoms with Crippen LogP contribution in [0.5, 0.6) is 0 Å². The van der Waals surface area contributed by atoms with Gasteiger partial charge in [-0.3, -0.25) is 0 Å². The van der Waals surface area contributed by atoms with Crippen molar-refractivity contribution in [2.24, 2.45) is 0 Å². The van der Waals surface area contributed by atoms with Crippen molar-refractivity contribution in [1.82, 2.24) is 0 Å². The van der Waals surface area contributed by atoms with Crippen LogP contribution in [-0.4, -0.2) is 28.6 Å². The highest BCUT2D eigenvalue weighted by atomic mass is 35.5. The molecule has 0 aliphatic rings. The summed E-state index contributed by atoms with van der Waals surface area (Å²) in [4.78, 5) is 0. The van der Waals surface area contributed by atoms with Gasteiger partial charge >= 0.3 is 0 Å². The second-order valence-electron chi connectivity index (χ2n) is 1.26. The second-order valence-corrected chi connectivity index (χ2v) is 2.38. The van der Waals surface area contributed by atoms with Gasteiger partial charge in [-0.25, -0.2) is 0 Å². The van der Waals surface area contributed by atoms with Crippen LogP contribution in [0.2, 0.25) is 0 Å². The van der Waals surface area contributed by atoms with E-state index in [9.17, 15) is 0 Å². The van der Waals surface area contributed by atoms with Crippen LogP contribution in [0.3, 0.4) is 0 Å². The minimum atomic E-state index is 0. The molecule has 0 bridgehead atoms. The average Bonchev–Trinajstić information content (AvgIpc) is 1.35. The lowest BCUT2D eigenvalue weighted by Gasteiger charge is -1.92. The topological polar surface area (TPSA) is 0 Å². The van der Waals surface area contributed by atoms with E-state index in [0.717, 1.165) is 6.42 Å². The van der Waals surface area contributed by atoms with Crippen molar-refractivity contribution >= 4 is 40.6 Å². The van der Waals surface area contributed by atoms with E-state index in [1.807, 2.05) is 6.92 Å². The Hall–Kier alpha value is 1.11. The highest BCUT2D eigenvalue weighted by molar-refractivity contribution is 6.22. The molecular formula is C4H11AlCl2. The molecule has 0 saturated carbocycles. The average molecular weight is 157 g/mol. The van der Waals surface area contributed by atoms with Crippen LogP contribution in [-0.2, 0) is 0 Å². The summed E-state index contributed by atoms with van der Waals surface area (Å²) in [5.74, 6) is 0.671. The maximum absolute atomic E-state index is 5.49. The number of hydrogen-bond donors (Lipinski definition) is 0. The molecule has 44 valence electrons. The minimum absolute atomic E-state index is 0. The van der Waals surface area contributed by atoms with Crippen molar-refractivity contribution in [2.45, 2.75) is 18.7 Å². The fourth-order valence-electron chi connectivity index (χ4n) is 0.150. The molecule has 0 heterocycles. The third-order valence-electron chi connectivity index (χ3n) is 0.507. The first-order valence-corrected chi connectivity index (χ1v) is 2.94. The van der Waals surface area contributed by atoms with E-state index in [2.05, 4.69) is 0 Å². The Morgan fingerprint density at radius 3 is 2.00 bits per heavy atom. The van der Waals surface area contributed by atoms with E-state index in [4.69, 9.17) is 23.2 Å². The lowest BCUT2D eigenvalue weighted by atomic mass is 10.4. The Morgan fingerprint density at radius 1 is 1.57 bits per heavy atom. The van der Waals surface area contributed by atoms with Crippen LogP contribution in [0.25, 0.3) is 0 Å². The van der Waals surface area contributed by atoms with Crippen molar-refractivity contribution in [3.63, 3.8) is 0 Å². The summed E-state index contributed by atoms with van der Waals surface area (Å²) in [6.45, 7) is 1.93. The SMILES string of the molecule is CC(Cl)CCCl.[AlH3]. The lowest BCUT2D eigenvalue weighted by Crippen LogP contribution is -1.88. The number of hydrogen-bond acceptors (Lipinski definition) is 0. The predicted molar refractivity (Wildman–Crippen MR) is 40.6 cm³/mol. The number of rotatable bonds is 2. The van der Waals surface area contributed by atoms with Crippen molar-refractivity contribution in [2.75, 3.05) is 5.88 Å². The van der Waals surface area contributed by atoms with Gasteiger partial charge in [-0.05, 0) is 13.3 Å². The van der Waals surface area contributed by atoms with Crippen molar-refractivity contribution < 1.29 is 0 Å². The fraction of sp³-hybridized carbons (Fsp3) is 1.00. The second kappa shape index (κ2) is 7.11. The van der Waals surface area contributed by atoms with Crippen molar-refractivity contribution in [3.05, 3.63) is 0 Å². The molecule has 0 aromatic heterocycles. The minimum Gasteiger partial charge on any atom is -0.127 e. The third-order valence-corrected chi connectivity index (χ3v) is 0.943.